The predicted octanol–water partition coefficient (Wildman–Crippen LogP) is 2.96. The summed E-state index contributed by atoms with van der Waals surface area (Å²) >= 11 is 0. The number of nitrogens with two attached hydrogens (primary N) is 1. The minimum Gasteiger partial charge on any atom is -0.384 e. The van der Waals surface area contributed by atoms with E-state index in [9.17, 15) is 27.6 Å². The number of nitrogen functional groups attached to an aromatic ring is 1. The number of hydrogen-bond acceptors (Lipinski definition) is 6. The van der Waals surface area contributed by atoms with Crippen LogP contribution in [-0.2, 0) is 23.1 Å². The number of anilines is 2. The molecule has 3 atom stereocenters. The third-order valence-electron chi connectivity index (χ3n) is 7.35. The minimum atomic E-state index is -4.69. The van der Waals surface area contributed by atoms with E-state index in [4.69, 9.17) is 5.73 Å². The van der Waals surface area contributed by atoms with E-state index in [0.717, 1.165) is 6.42 Å². The van der Waals surface area contributed by atoms with Crippen molar-refractivity contribution in [3.05, 3.63) is 35.8 Å². The number of aryl methyl sites for hydroxylation is 2. The first-order valence-corrected chi connectivity index (χ1v) is 12.6. The van der Waals surface area contributed by atoms with Gasteiger partial charge in [0.25, 0.3) is 5.91 Å². The average molecular weight is 536 g/mol. The van der Waals surface area contributed by atoms with Crippen molar-refractivity contribution in [1.29, 1.82) is 0 Å². The fourth-order valence-corrected chi connectivity index (χ4v) is 5.51. The number of carbonyl (C=O) groups excluding carboxylic acids is 3. The number of pyridine rings is 1. The van der Waals surface area contributed by atoms with E-state index in [0.29, 0.717) is 41.8 Å². The van der Waals surface area contributed by atoms with Gasteiger partial charge in [-0.1, -0.05) is 19.3 Å². The Morgan fingerprint density at radius 2 is 1.92 bits per heavy atom. The molecular formula is C25H32F3N7O3. The van der Waals surface area contributed by atoms with Gasteiger partial charge in [-0.3, -0.25) is 19.4 Å². The molecule has 2 aromatic heterocycles. The van der Waals surface area contributed by atoms with Crippen LogP contribution in [0, 0.1) is 18.8 Å². The van der Waals surface area contributed by atoms with Gasteiger partial charge in [0.2, 0.25) is 11.9 Å². The van der Waals surface area contributed by atoms with Gasteiger partial charge in [-0.05, 0) is 49.8 Å². The molecular weight excluding hydrogens is 503 g/mol. The van der Waals surface area contributed by atoms with Crippen LogP contribution in [0.5, 0.6) is 0 Å². The van der Waals surface area contributed by atoms with E-state index in [1.54, 1.807) is 36.9 Å². The number of urea groups is 1. The van der Waals surface area contributed by atoms with E-state index >= 15 is 0 Å². The maximum Gasteiger partial charge on any atom is 0.408 e. The summed E-state index contributed by atoms with van der Waals surface area (Å²) in [6.45, 7) is 1.72. The quantitative estimate of drug-likeness (QED) is 0.548. The normalized spacial score (nSPS) is 21.1. The first-order chi connectivity index (χ1) is 17.9. The summed E-state index contributed by atoms with van der Waals surface area (Å²) in [4.78, 5) is 50.1. The molecule has 2 aliphatic rings. The zero-order chi connectivity index (χ0) is 27.8. The summed E-state index contributed by atoms with van der Waals surface area (Å²) in [7, 11) is 3.11. The van der Waals surface area contributed by atoms with Crippen LogP contribution in [0.3, 0.4) is 0 Å². The molecule has 1 saturated carbocycles. The topological polar surface area (TPSA) is 126 Å². The highest BCUT2D eigenvalue weighted by Crippen LogP contribution is 2.37. The molecule has 3 N–H and O–H groups in total. The molecule has 2 aromatic rings. The zero-order valence-corrected chi connectivity index (χ0v) is 21.5. The van der Waals surface area contributed by atoms with Gasteiger partial charge in [-0.15, -0.1) is 0 Å². The number of likely N-dealkylation sites (tertiary alicyclic amines) is 1. The lowest BCUT2D eigenvalue weighted by Crippen LogP contribution is -2.71. The highest BCUT2D eigenvalue weighted by Gasteiger charge is 2.57. The van der Waals surface area contributed by atoms with Gasteiger partial charge < -0.3 is 15.6 Å². The first kappa shape index (κ1) is 27.4. The van der Waals surface area contributed by atoms with Crippen molar-refractivity contribution in [2.24, 2.45) is 18.9 Å². The van der Waals surface area contributed by atoms with Gasteiger partial charge in [0.15, 0.2) is 0 Å². The van der Waals surface area contributed by atoms with Crippen LogP contribution in [0.15, 0.2) is 24.5 Å². The van der Waals surface area contributed by atoms with E-state index < -0.39 is 47.9 Å². The Morgan fingerprint density at radius 3 is 2.50 bits per heavy atom. The lowest BCUT2D eigenvalue weighted by molar-refractivity contribution is -0.170. The summed E-state index contributed by atoms with van der Waals surface area (Å²) in [6.07, 6.45) is 1.25. The second-order valence-electron chi connectivity index (χ2n) is 10.1. The van der Waals surface area contributed by atoms with Crippen molar-refractivity contribution in [3.63, 3.8) is 0 Å². The molecule has 206 valence electrons. The number of imide groups is 1. The van der Waals surface area contributed by atoms with Crippen molar-refractivity contribution >= 4 is 29.6 Å². The highest BCUT2D eigenvalue weighted by atomic mass is 19.4. The number of carbonyl (C=O) groups is 3. The van der Waals surface area contributed by atoms with Crippen LogP contribution in [0.4, 0.5) is 29.7 Å². The summed E-state index contributed by atoms with van der Waals surface area (Å²) in [6, 6.07) is -1.38. The Labute approximate surface area is 218 Å². The van der Waals surface area contributed by atoms with Gasteiger partial charge in [-0.25, -0.2) is 14.8 Å². The number of nitrogens with zero attached hydrogens (tertiary/aromatic N) is 5. The van der Waals surface area contributed by atoms with Crippen LogP contribution in [0.2, 0.25) is 0 Å². The number of rotatable bonds is 6. The Kier molecular flexibility index (Phi) is 7.65. The lowest BCUT2D eigenvalue weighted by Gasteiger charge is -2.46. The fraction of sp³-hybridized carbons (Fsp3) is 0.560. The monoisotopic (exact) mass is 535 g/mol. The predicted molar refractivity (Wildman–Crippen MR) is 133 cm³/mol. The van der Waals surface area contributed by atoms with Gasteiger partial charge in [0, 0.05) is 32.2 Å². The number of nitrogens with one attached hydrogen (secondary N) is 1. The Bertz CT molecular complexity index is 1190. The number of likely N-dealkylation sites (N-methyl/N-ethyl adjacent to an activating group) is 1. The Hall–Kier alpha value is -3.64. The average Bonchev–Trinajstić information content (AvgIpc) is 3.28. The Morgan fingerprint density at radius 1 is 1.24 bits per heavy atom. The summed E-state index contributed by atoms with van der Waals surface area (Å²) in [5.41, 5.74) is 7.06. The van der Waals surface area contributed by atoms with Crippen molar-refractivity contribution < 1.29 is 27.6 Å². The molecule has 10 nitrogen and oxygen atoms in total. The second-order valence-corrected chi connectivity index (χ2v) is 10.1. The van der Waals surface area contributed by atoms with Gasteiger partial charge >= 0.3 is 12.2 Å². The molecule has 4 amide bonds. The van der Waals surface area contributed by atoms with Crippen molar-refractivity contribution in [2.75, 3.05) is 17.7 Å². The second kappa shape index (κ2) is 10.6. The van der Waals surface area contributed by atoms with E-state index in [2.05, 4.69) is 15.3 Å². The number of hydrogen-bond donors (Lipinski definition) is 2. The lowest BCUT2D eigenvalue weighted by atomic mass is 9.81. The smallest absolute Gasteiger partial charge is 0.384 e. The third kappa shape index (κ3) is 5.46. The molecule has 13 heteroatoms. The van der Waals surface area contributed by atoms with E-state index in [1.807, 2.05) is 0 Å². The molecule has 4 rings (SSSR count). The van der Waals surface area contributed by atoms with Crippen LogP contribution in [-0.4, -0.2) is 62.6 Å². The maximum absolute atomic E-state index is 14.0. The maximum atomic E-state index is 14.0. The molecule has 38 heavy (non-hydrogen) atoms. The van der Waals surface area contributed by atoms with Crippen molar-refractivity contribution in [1.82, 2.24) is 24.8 Å². The van der Waals surface area contributed by atoms with Gasteiger partial charge in [-0.2, -0.15) is 13.2 Å². The molecule has 1 aliphatic carbocycles. The summed E-state index contributed by atoms with van der Waals surface area (Å²) in [5.74, 6) is -2.64. The molecule has 0 spiro atoms. The molecule has 1 aliphatic heterocycles. The van der Waals surface area contributed by atoms with E-state index in [-0.39, 0.29) is 18.2 Å². The highest BCUT2D eigenvalue weighted by molar-refractivity contribution is 6.12. The summed E-state index contributed by atoms with van der Waals surface area (Å²) < 4.78 is 43.5. The zero-order valence-electron chi connectivity index (χ0n) is 21.5. The van der Waals surface area contributed by atoms with Crippen LogP contribution < -0.4 is 16.0 Å². The third-order valence-corrected chi connectivity index (χ3v) is 7.35. The van der Waals surface area contributed by atoms with Gasteiger partial charge in [0.1, 0.15) is 17.9 Å². The Balaban J connectivity index is 1.62. The molecule has 2 fully saturated rings. The SMILES string of the molecule is Cc1cc(C[C@H]2C(=O)N(C(=O)N[C@H](C3CCCCC3)C(F)(F)F)[C@@H]2C(=O)N(C)c2nccn2C)cc(N)n1. The number of imidazole rings is 1. The fourth-order valence-electron chi connectivity index (χ4n) is 5.51. The molecule has 0 aromatic carbocycles. The van der Waals surface area contributed by atoms with Crippen LogP contribution in [0.1, 0.15) is 43.4 Å². The molecule has 1 saturated heterocycles. The molecule has 0 unspecified atom stereocenters. The van der Waals surface area contributed by atoms with Crippen molar-refractivity contribution in [3.8, 4) is 0 Å². The minimum absolute atomic E-state index is 0.0618. The van der Waals surface area contributed by atoms with Gasteiger partial charge in [0.05, 0.1) is 5.92 Å². The van der Waals surface area contributed by atoms with Crippen LogP contribution in [0.25, 0.3) is 0 Å². The standard InChI is InChI=1S/C25H32F3N7O3/c1-14-11-15(13-18(29)31-14)12-17-19(22(37)34(3)23-30-9-10-33(23)2)35(21(17)36)24(38)32-20(25(26,27)28)16-7-5-4-6-8-16/h9-11,13,16-17,19-20H,4-8,12H2,1-3H3,(H2,29,31)(H,32,38)/t17-,19+,20-/m1/s1. The number of β-lactam (4-membered cyclic amide) rings is 1. The first-order valence-electron chi connectivity index (χ1n) is 12.6. The molecule has 0 radical (unpaired) electrons. The number of aromatic nitrogens is 3. The number of amides is 4. The largest absolute Gasteiger partial charge is 0.408 e. The van der Waals surface area contributed by atoms with Crippen molar-refractivity contribution in [2.45, 2.75) is 63.7 Å². The molecule has 0 bridgehead atoms. The van der Waals surface area contributed by atoms with E-state index in [1.165, 1.54) is 18.1 Å². The van der Waals surface area contributed by atoms with Crippen LogP contribution >= 0.6 is 0 Å². The summed E-state index contributed by atoms with van der Waals surface area (Å²) in [5, 5.41) is 2.05. The number of alkyl halides is 3. The number of halogens is 3. The molecule has 3 heterocycles.